The Kier molecular flexibility index (Phi) is 3.40. The molecule has 0 N–H and O–H groups in total. The van der Waals surface area contributed by atoms with Gasteiger partial charge in [-0.2, -0.15) is 21.6 Å². The number of β-lactam (4-membered cyclic amide) rings is 1. The predicted octanol–water partition coefficient (Wildman–Crippen LogP) is -0.881. The van der Waals surface area contributed by atoms with Gasteiger partial charge in [0.1, 0.15) is 5.70 Å². The summed E-state index contributed by atoms with van der Waals surface area (Å²) in [5.74, 6) is -4.04. The molecular weight excluding hydrogens is 327 g/mol. The van der Waals surface area contributed by atoms with Gasteiger partial charge in [-0.1, -0.05) is 0 Å². The fourth-order valence-electron chi connectivity index (χ4n) is 1.62. The van der Waals surface area contributed by atoms with Gasteiger partial charge in [0.2, 0.25) is 5.91 Å². The molecule has 2 aliphatic heterocycles. The third kappa shape index (κ3) is 2.32. The molecule has 7 nitrogen and oxygen atoms in total. The van der Waals surface area contributed by atoms with Crippen LogP contribution in [-0.2, 0) is 23.9 Å². The maximum Gasteiger partial charge on any atom is 0.534 e. The standard InChI is InChI=1S/C8H6F3NO6S2/c9-8(10,11)20(16,17)18-3-2-19-5-1-4(13)12(5)6(3)7(14)15/h5H,1-2H2,(H,14,15)/p-1/t5-/m1/s1. The van der Waals surface area contributed by atoms with Crippen LogP contribution in [0.15, 0.2) is 11.5 Å². The molecule has 0 saturated carbocycles. The van der Waals surface area contributed by atoms with E-state index in [1.165, 1.54) is 0 Å². The van der Waals surface area contributed by atoms with E-state index in [0.29, 0.717) is 4.90 Å². The second-order valence-electron chi connectivity index (χ2n) is 3.78. The molecule has 1 atom stereocenters. The van der Waals surface area contributed by atoms with Crippen molar-refractivity contribution in [1.82, 2.24) is 4.90 Å². The predicted molar refractivity (Wildman–Crippen MR) is 55.8 cm³/mol. The van der Waals surface area contributed by atoms with Gasteiger partial charge >= 0.3 is 15.6 Å². The molecule has 0 bridgehead atoms. The maximum absolute atomic E-state index is 12.2. The number of thioether (sulfide) groups is 1. The molecule has 1 saturated heterocycles. The average molecular weight is 332 g/mol. The number of rotatable bonds is 3. The molecule has 0 aliphatic carbocycles. The van der Waals surface area contributed by atoms with Crippen molar-refractivity contribution in [2.24, 2.45) is 0 Å². The van der Waals surface area contributed by atoms with E-state index in [0.717, 1.165) is 11.8 Å². The zero-order chi connectivity index (χ0) is 15.3. The van der Waals surface area contributed by atoms with Gasteiger partial charge in [0.15, 0.2) is 5.76 Å². The molecular formula is C8H5F3NO6S2-. The highest BCUT2D eigenvalue weighted by molar-refractivity contribution is 8.00. The minimum absolute atomic E-state index is 0.0146. The topological polar surface area (TPSA) is 104 Å². The van der Waals surface area contributed by atoms with E-state index in [9.17, 15) is 36.3 Å². The summed E-state index contributed by atoms with van der Waals surface area (Å²) in [5, 5.41) is 10.3. The summed E-state index contributed by atoms with van der Waals surface area (Å²) >= 11 is 0.897. The van der Waals surface area contributed by atoms with Gasteiger partial charge in [-0.15, -0.1) is 11.8 Å². The van der Waals surface area contributed by atoms with Crippen molar-refractivity contribution in [3.63, 3.8) is 0 Å². The first-order valence-electron chi connectivity index (χ1n) is 4.93. The Hall–Kier alpha value is -1.43. The van der Waals surface area contributed by atoms with Crippen LogP contribution >= 0.6 is 11.8 Å². The molecule has 12 heteroatoms. The SMILES string of the molecule is O=C([O-])C1=C(OS(=O)(=O)C(F)(F)F)CS[C@@H]2CC(=O)N12. The third-order valence-electron chi connectivity index (χ3n) is 2.50. The van der Waals surface area contributed by atoms with Crippen LogP contribution in [0.4, 0.5) is 13.2 Å². The first-order chi connectivity index (χ1) is 9.04. The summed E-state index contributed by atoms with van der Waals surface area (Å²) in [6.45, 7) is 0. The summed E-state index contributed by atoms with van der Waals surface area (Å²) in [6.07, 6.45) is 0.0146. The number of carboxylic acid groups (broad SMARTS) is 1. The van der Waals surface area contributed by atoms with E-state index < -0.39 is 50.1 Å². The van der Waals surface area contributed by atoms with Crippen LogP contribution in [0.1, 0.15) is 6.42 Å². The number of fused-ring (bicyclic) bond motifs is 1. The summed E-state index contributed by atoms with van der Waals surface area (Å²) in [4.78, 5) is 22.8. The number of hydrogen-bond acceptors (Lipinski definition) is 7. The van der Waals surface area contributed by atoms with Gasteiger partial charge in [-0.3, -0.25) is 9.69 Å². The molecule has 0 aromatic carbocycles. The Balaban J connectivity index is 2.40. The molecule has 2 rings (SSSR count). The minimum Gasteiger partial charge on any atom is -0.543 e. The lowest BCUT2D eigenvalue weighted by molar-refractivity contribution is -0.301. The highest BCUT2D eigenvalue weighted by atomic mass is 32.2. The molecule has 0 aromatic heterocycles. The van der Waals surface area contributed by atoms with Crippen molar-refractivity contribution in [2.75, 3.05) is 5.75 Å². The Morgan fingerprint density at radius 3 is 2.50 bits per heavy atom. The van der Waals surface area contributed by atoms with Crippen LogP contribution in [0, 0.1) is 0 Å². The molecule has 2 aliphatic rings. The highest BCUT2D eigenvalue weighted by Crippen LogP contribution is 2.41. The molecule has 0 radical (unpaired) electrons. The van der Waals surface area contributed by atoms with Crippen molar-refractivity contribution in [3.8, 4) is 0 Å². The number of aliphatic carboxylic acids is 1. The second-order valence-corrected chi connectivity index (χ2v) is 6.48. The highest BCUT2D eigenvalue weighted by Gasteiger charge is 2.51. The number of nitrogens with zero attached hydrogens (tertiary/aromatic N) is 1. The summed E-state index contributed by atoms with van der Waals surface area (Å²) < 4.78 is 62.1. The average Bonchev–Trinajstić information content (AvgIpc) is 2.27. The quantitative estimate of drug-likeness (QED) is 0.375. The molecule has 2 heterocycles. The van der Waals surface area contributed by atoms with Crippen molar-refractivity contribution in [2.45, 2.75) is 17.3 Å². The largest absolute Gasteiger partial charge is 0.543 e. The summed E-state index contributed by atoms with van der Waals surface area (Å²) in [6, 6.07) is 0. The van der Waals surface area contributed by atoms with Gasteiger partial charge in [-0.25, -0.2) is 0 Å². The van der Waals surface area contributed by atoms with Crippen LogP contribution in [0.3, 0.4) is 0 Å². The zero-order valence-corrected chi connectivity index (χ0v) is 11.0. The summed E-state index contributed by atoms with van der Waals surface area (Å²) in [7, 11) is -6.00. The lowest BCUT2D eigenvalue weighted by Gasteiger charge is -2.44. The van der Waals surface area contributed by atoms with Gasteiger partial charge in [-0.05, 0) is 0 Å². The normalized spacial score (nSPS) is 23.2. The van der Waals surface area contributed by atoms with Crippen LogP contribution in [0.5, 0.6) is 0 Å². The minimum atomic E-state index is -6.00. The van der Waals surface area contributed by atoms with E-state index in [4.69, 9.17) is 0 Å². The van der Waals surface area contributed by atoms with Crippen LogP contribution in [0.25, 0.3) is 0 Å². The molecule has 0 unspecified atom stereocenters. The van der Waals surface area contributed by atoms with Crippen molar-refractivity contribution in [1.29, 1.82) is 0 Å². The van der Waals surface area contributed by atoms with E-state index in [2.05, 4.69) is 4.18 Å². The molecule has 112 valence electrons. The van der Waals surface area contributed by atoms with Crippen LogP contribution < -0.4 is 5.11 Å². The molecule has 1 amide bonds. The van der Waals surface area contributed by atoms with Gasteiger partial charge < -0.3 is 14.1 Å². The van der Waals surface area contributed by atoms with E-state index >= 15 is 0 Å². The van der Waals surface area contributed by atoms with E-state index in [1.54, 1.807) is 0 Å². The third-order valence-corrected chi connectivity index (χ3v) is 4.68. The van der Waals surface area contributed by atoms with E-state index in [1.807, 2.05) is 0 Å². The maximum atomic E-state index is 12.2. The van der Waals surface area contributed by atoms with E-state index in [-0.39, 0.29) is 6.42 Å². The molecule has 1 fully saturated rings. The van der Waals surface area contributed by atoms with Crippen LogP contribution in [0.2, 0.25) is 0 Å². The molecule has 0 spiro atoms. The number of amides is 1. The fourth-order valence-corrected chi connectivity index (χ4v) is 3.36. The number of carbonyl (C=O) groups is 2. The van der Waals surface area contributed by atoms with Gasteiger partial charge in [0, 0.05) is 0 Å². The zero-order valence-electron chi connectivity index (χ0n) is 9.34. The molecule has 0 aromatic rings. The monoisotopic (exact) mass is 332 g/mol. The van der Waals surface area contributed by atoms with Crippen molar-refractivity contribution >= 4 is 33.8 Å². The van der Waals surface area contributed by atoms with Gasteiger partial charge in [0.25, 0.3) is 0 Å². The Labute approximate surface area is 114 Å². The van der Waals surface area contributed by atoms with Gasteiger partial charge in [0.05, 0.1) is 23.5 Å². The Morgan fingerprint density at radius 2 is 2.05 bits per heavy atom. The smallest absolute Gasteiger partial charge is 0.534 e. The van der Waals surface area contributed by atoms with Crippen molar-refractivity contribution < 1.29 is 40.5 Å². The number of halogens is 3. The number of carbonyl (C=O) groups excluding carboxylic acids is 2. The second kappa shape index (κ2) is 4.55. The lowest BCUT2D eigenvalue weighted by Crippen LogP contribution is -2.56. The van der Waals surface area contributed by atoms with Crippen LogP contribution in [-0.4, -0.2) is 41.8 Å². The first kappa shape index (κ1) is 15.0. The lowest BCUT2D eigenvalue weighted by atomic mass is 10.1. The Morgan fingerprint density at radius 1 is 1.45 bits per heavy atom. The fraction of sp³-hybridized carbons (Fsp3) is 0.500. The number of alkyl halides is 3. The number of carboxylic acids is 1. The molecule has 20 heavy (non-hydrogen) atoms. The van der Waals surface area contributed by atoms with Crippen molar-refractivity contribution in [3.05, 3.63) is 11.5 Å². The Bertz CT molecular complexity index is 610. The summed E-state index contributed by atoms with van der Waals surface area (Å²) in [5.41, 5.74) is -6.67. The number of hydrogen-bond donors (Lipinski definition) is 0. The first-order valence-corrected chi connectivity index (χ1v) is 7.39.